The normalized spacial score (nSPS) is 17.4. The summed E-state index contributed by atoms with van der Waals surface area (Å²) in [6, 6.07) is 6.06. The molecule has 1 fully saturated rings. The number of carbonyl (C=O) groups is 1. The van der Waals surface area contributed by atoms with Crippen LogP contribution in [0.4, 0.5) is 5.82 Å². The molecule has 0 amide bonds. The van der Waals surface area contributed by atoms with Crippen molar-refractivity contribution in [3.8, 4) is 10.6 Å². The standard InChI is InChI=1S/C16H19N3O3S/c1-2-21-16(20)10-22-12-5-6-19(9-12)15-8-13(17-11-18-15)14-4-3-7-23-14/h3-4,7-8,11-12H,2,5-6,9-10H2,1H3/t12-/m0/s1. The molecule has 6 nitrogen and oxygen atoms in total. The van der Waals surface area contributed by atoms with Crippen LogP contribution in [0.1, 0.15) is 13.3 Å². The van der Waals surface area contributed by atoms with E-state index >= 15 is 0 Å². The van der Waals surface area contributed by atoms with Crippen LogP contribution in [-0.2, 0) is 14.3 Å². The Hall–Kier alpha value is -1.99. The summed E-state index contributed by atoms with van der Waals surface area (Å²) in [7, 11) is 0. The highest BCUT2D eigenvalue weighted by atomic mass is 32.1. The van der Waals surface area contributed by atoms with Gasteiger partial charge in [0.1, 0.15) is 18.8 Å². The maximum Gasteiger partial charge on any atom is 0.332 e. The summed E-state index contributed by atoms with van der Waals surface area (Å²) in [5, 5.41) is 2.03. The Morgan fingerprint density at radius 2 is 2.39 bits per heavy atom. The van der Waals surface area contributed by atoms with Crippen LogP contribution in [0.2, 0.25) is 0 Å². The Labute approximate surface area is 139 Å². The lowest BCUT2D eigenvalue weighted by Gasteiger charge is -2.17. The number of anilines is 1. The number of nitrogens with zero attached hydrogens (tertiary/aromatic N) is 3. The SMILES string of the molecule is CCOC(=O)CO[C@H]1CCN(c2cc(-c3cccs3)ncn2)C1. The van der Waals surface area contributed by atoms with Crippen molar-refractivity contribution >= 4 is 23.1 Å². The van der Waals surface area contributed by atoms with Gasteiger partial charge in [0.05, 0.1) is 23.3 Å². The van der Waals surface area contributed by atoms with E-state index in [-0.39, 0.29) is 18.7 Å². The molecule has 7 heteroatoms. The number of hydrogen-bond donors (Lipinski definition) is 0. The zero-order valence-electron chi connectivity index (χ0n) is 13.0. The highest BCUT2D eigenvalue weighted by Crippen LogP contribution is 2.26. The van der Waals surface area contributed by atoms with Crippen LogP contribution in [-0.4, -0.2) is 48.3 Å². The molecular formula is C16H19N3O3S. The lowest BCUT2D eigenvalue weighted by Crippen LogP contribution is -2.25. The third-order valence-corrected chi connectivity index (χ3v) is 4.53. The van der Waals surface area contributed by atoms with Crippen LogP contribution < -0.4 is 4.90 Å². The molecule has 0 saturated carbocycles. The van der Waals surface area contributed by atoms with Crippen LogP contribution in [0.5, 0.6) is 0 Å². The first-order chi connectivity index (χ1) is 11.3. The average Bonchev–Trinajstić information content (AvgIpc) is 3.25. The second-order valence-electron chi connectivity index (χ2n) is 5.21. The molecule has 0 aliphatic carbocycles. The number of carbonyl (C=O) groups excluding carboxylic acids is 1. The van der Waals surface area contributed by atoms with Crippen LogP contribution in [0.15, 0.2) is 29.9 Å². The van der Waals surface area contributed by atoms with Gasteiger partial charge in [0.15, 0.2) is 0 Å². The zero-order chi connectivity index (χ0) is 16.1. The molecule has 0 bridgehead atoms. The Morgan fingerprint density at radius 1 is 1.48 bits per heavy atom. The van der Waals surface area contributed by atoms with E-state index in [9.17, 15) is 4.79 Å². The minimum absolute atomic E-state index is 0.0105. The maximum atomic E-state index is 11.3. The van der Waals surface area contributed by atoms with Gasteiger partial charge < -0.3 is 14.4 Å². The third-order valence-electron chi connectivity index (χ3n) is 3.64. The van der Waals surface area contributed by atoms with Crippen molar-refractivity contribution in [2.45, 2.75) is 19.4 Å². The minimum atomic E-state index is -0.312. The summed E-state index contributed by atoms with van der Waals surface area (Å²) in [6.07, 6.45) is 2.49. The van der Waals surface area contributed by atoms with E-state index < -0.39 is 0 Å². The minimum Gasteiger partial charge on any atom is -0.464 e. The second kappa shape index (κ2) is 7.52. The predicted octanol–water partition coefficient (Wildman–Crippen LogP) is 2.36. The van der Waals surface area contributed by atoms with Crippen molar-refractivity contribution in [1.29, 1.82) is 0 Å². The third kappa shape index (κ3) is 4.05. The molecule has 23 heavy (non-hydrogen) atoms. The quantitative estimate of drug-likeness (QED) is 0.756. The average molecular weight is 333 g/mol. The maximum absolute atomic E-state index is 11.3. The van der Waals surface area contributed by atoms with Crippen molar-refractivity contribution in [1.82, 2.24) is 9.97 Å². The van der Waals surface area contributed by atoms with E-state index in [1.54, 1.807) is 24.6 Å². The summed E-state index contributed by atoms with van der Waals surface area (Å²) in [6.45, 7) is 3.76. The predicted molar refractivity (Wildman–Crippen MR) is 88.5 cm³/mol. The Balaban J connectivity index is 1.59. The van der Waals surface area contributed by atoms with Crippen LogP contribution in [0, 0.1) is 0 Å². The van der Waals surface area contributed by atoms with Gasteiger partial charge in [-0.25, -0.2) is 14.8 Å². The van der Waals surface area contributed by atoms with Gasteiger partial charge in [-0.05, 0) is 24.8 Å². The lowest BCUT2D eigenvalue weighted by molar-refractivity contribution is -0.150. The van der Waals surface area contributed by atoms with Gasteiger partial charge >= 0.3 is 5.97 Å². The highest BCUT2D eigenvalue weighted by Gasteiger charge is 2.25. The number of rotatable bonds is 6. The van der Waals surface area contributed by atoms with Crippen molar-refractivity contribution in [2.24, 2.45) is 0 Å². The summed E-state index contributed by atoms with van der Waals surface area (Å²) < 4.78 is 10.5. The Morgan fingerprint density at radius 3 is 3.17 bits per heavy atom. The zero-order valence-corrected chi connectivity index (χ0v) is 13.8. The number of thiophene rings is 1. The topological polar surface area (TPSA) is 64.6 Å². The Kier molecular flexibility index (Phi) is 5.19. The fourth-order valence-corrected chi connectivity index (χ4v) is 3.23. The first-order valence-corrected chi connectivity index (χ1v) is 8.52. The second-order valence-corrected chi connectivity index (χ2v) is 6.16. The molecule has 1 aliphatic rings. The van der Waals surface area contributed by atoms with E-state index in [1.807, 2.05) is 23.6 Å². The first-order valence-electron chi connectivity index (χ1n) is 7.64. The van der Waals surface area contributed by atoms with Gasteiger partial charge in [-0.1, -0.05) is 6.07 Å². The molecule has 0 radical (unpaired) electrons. The molecule has 1 aliphatic heterocycles. The van der Waals surface area contributed by atoms with Crippen LogP contribution in [0.3, 0.4) is 0 Å². The van der Waals surface area contributed by atoms with Crippen molar-refractivity contribution < 1.29 is 14.3 Å². The summed E-state index contributed by atoms with van der Waals surface area (Å²) in [5.41, 5.74) is 0.931. The van der Waals surface area contributed by atoms with Gasteiger partial charge in [0.2, 0.25) is 0 Å². The molecule has 0 N–H and O–H groups in total. The van der Waals surface area contributed by atoms with E-state index in [0.717, 1.165) is 35.9 Å². The van der Waals surface area contributed by atoms with Gasteiger partial charge in [0, 0.05) is 19.2 Å². The summed E-state index contributed by atoms with van der Waals surface area (Å²) >= 11 is 1.66. The molecule has 3 heterocycles. The smallest absolute Gasteiger partial charge is 0.332 e. The molecule has 1 atom stereocenters. The fourth-order valence-electron chi connectivity index (χ4n) is 2.54. The van der Waals surface area contributed by atoms with E-state index in [1.165, 1.54) is 0 Å². The van der Waals surface area contributed by atoms with Gasteiger partial charge in [-0.3, -0.25) is 0 Å². The Bertz CT molecular complexity index is 648. The van der Waals surface area contributed by atoms with Crippen LogP contribution in [0.25, 0.3) is 10.6 Å². The van der Waals surface area contributed by atoms with Crippen molar-refractivity contribution in [2.75, 3.05) is 31.2 Å². The number of ether oxygens (including phenoxy) is 2. The molecule has 2 aromatic heterocycles. The van der Waals surface area contributed by atoms with E-state index in [2.05, 4.69) is 14.9 Å². The fraction of sp³-hybridized carbons (Fsp3) is 0.438. The lowest BCUT2D eigenvalue weighted by atomic mass is 10.3. The molecule has 0 spiro atoms. The number of aromatic nitrogens is 2. The molecule has 1 saturated heterocycles. The van der Waals surface area contributed by atoms with Gasteiger partial charge in [0.25, 0.3) is 0 Å². The molecule has 122 valence electrons. The van der Waals surface area contributed by atoms with Gasteiger partial charge in [-0.2, -0.15) is 0 Å². The summed E-state index contributed by atoms with van der Waals surface area (Å²) in [4.78, 5) is 23.3. The molecule has 0 aromatic carbocycles. The van der Waals surface area contributed by atoms with Gasteiger partial charge in [-0.15, -0.1) is 11.3 Å². The number of hydrogen-bond acceptors (Lipinski definition) is 7. The molecule has 0 unspecified atom stereocenters. The number of esters is 1. The molecule has 2 aromatic rings. The monoisotopic (exact) mass is 333 g/mol. The van der Waals surface area contributed by atoms with Crippen molar-refractivity contribution in [3.63, 3.8) is 0 Å². The molecular weight excluding hydrogens is 314 g/mol. The van der Waals surface area contributed by atoms with Crippen molar-refractivity contribution in [3.05, 3.63) is 29.9 Å². The van der Waals surface area contributed by atoms with Crippen LogP contribution >= 0.6 is 11.3 Å². The van der Waals surface area contributed by atoms with E-state index in [0.29, 0.717) is 6.61 Å². The largest absolute Gasteiger partial charge is 0.464 e. The molecule has 3 rings (SSSR count). The summed E-state index contributed by atoms with van der Waals surface area (Å²) in [5.74, 6) is 0.582. The highest BCUT2D eigenvalue weighted by molar-refractivity contribution is 7.13. The van der Waals surface area contributed by atoms with E-state index in [4.69, 9.17) is 9.47 Å². The first kappa shape index (κ1) is 15.9.